The highest BCUT2D eigenvalue weighted by atomic mass is 16.1. The van der Waals surface area contributed by atoms with Gasteiger partial charge in [0.25, 0.3) is 5.91 Å². The maximum Gasteiger partial charge on any atom is 0.274 e. The Hall–Kier alpha value is -2.40. The highest BCUT2D eigenvalue weighted by Crippen LogP contribution is 2.27. The number of likely N-dealkylation sites (N-methyl/N-ethyl adjacent to an activating group) is 1. The van der Waals surface area contributed by atoms with E-state index in [1.165, 1.54) is 0 Å². The van der Waals surface area contributed by atoms with Crippen molar-refractivity contribution in [3.05, 3.63) is 53.3 Å². The third-order valence-electron chi connectivity index (χ3n) is 4.05. The summed E-state index contributed by atoms with van der Waals surface area (Å²) in [6.07, 6.45) is 1.70. The summed E-state index contributed by atoms with van der Waals surface area (Å²) in [4.78, 5) is 19.0. The Morgan fingerprint density at radius 3 is 2.56 bits per heavy atom. The van der Waals surface area contributed by atoms with Crippen LogP contribution in [0, 0.1) is 6.92 Å². The van der Waals surface area contributed by atoms with Crippen LogP contribution in [0.4, 0.5) is 11.4 Å². The fraction of sp³-hybridized carbons (Fsp3) is 0.400. The number of nitrogens with zero attached hydrogens (tertiary/aromatic N) is 2. The zero-order chi connectivity index (χ0) is 18.4. The Morgan fingerprint density at radius 2 is 1.96 bits per heavy atom. The van der Waals surface area contributed by atoms with E-state index in [0.29, 0.717) is 11.6 Å². The van der Waals surface area contributed by atoms with Crippen molar-refractivity contribution in [1.82, 2.24) is 9.88 Å². The number of benzene rings is 1. The third kappa shape index (κ3) is 5.29. The molecule has 0 saturated carbocycles. The van der Waals surface area contributed by atoms with Gasteiger partial charge in [0.1, 0.15) is 5.69 Å². The number of carbonyl (C=O) groups is 1. The Labute approximate surface area is 150 Å². The molecule has 0 unspecified atom stereocenters. The largest absolute Gasteiger partial charge is 0.383 e. The van der Waals surface area contributed by atoms with Crippen LogP contribution in [0.1, 0.15) is 41.4 Å². The molecule has 0 atom stereocenters. The van der Waals surface area contributed by atoms with Crippen molar-refractivity contribution in [1.29, 1.82) is 0 Å². The molecule has 5 nitrogen and oxygen atoms in total. The van der Waals surface area contributed by atoms with Gasteiger partial charge in [-0.2, -0.15) is 0 Å². The maximum absolute atomic E-state index is 12.6. The van der Waals surface area contributed by atoms with Gasteiger partial charge in [0.2, 0.25) is 0 Å². The van der Waals surface area contributed by atoms with E-state index in [2.05, 4.69) is 40.4 Å². The number of hydrogen-bond donors (Lipinski definition) is 2. The summed E-state index contributed by atoms with van der Waals surface area (Å²) in [5, 5.41) is 6.31. The van der Waals surface area contributed by atoms with Crippen LogP contribution in [-0.4, -0.2) is 43.0 Å². The third-order valence-corrected chi connectivity index (χ3v) is 4.05. The van der Waals surface area contributed by atoms with E-state index in [1.54, 1.807) is 12.3 Å². The first kappa shape index (κ1) is 18.9. The minimum Gasteiger partial charge on any atom is -0.383 e. The molecule has 2 rings (SSSR count). The molecule has 134 valence electrons. The second-order valence-corrected chi connectivity index (χ2v) is 6.81. The van der Waals surface area contributed by atoms with Gasteiger partial charge < -0.3 is 15.5 Å². The smallest absolute Gasteiger partial charge is 0.274 e. The number of pyridine rings is 1. The SMILES string of the molecule is Cc1cccc(C(C)C)c1NC(=O)c1ccc(NCCN(C)C)cn1. The Balaban J connectivity index is 2.07. The van der Waals surface area contributed by atoms with Crippen molar-refractivity contribution in [2.24, 2.45) is 0 Å². The average molecular weight is 340 g/mol. The van der Waals surface area contributed by atoms with E-state index >= 15 is 0 Å². The van der Waals surface area contributed by atoms with Crippen molar-refractivity contribution in [3.8, 4) is 0 Å². The zero-order valence-electron chi connectivity index (χ0n) is 15.8. The summed E-state index contributed by atoms with van der Waals surface area (Å²) < 4.78 is 0. The molecule has 1 heterocycles. The van der Waals surface area contributed by atoms with Crippen LogP contribution < -0.4 is 10.6 Å². The summed E-state index contributed by atoms with van der Waals surface area (Å²) in [5.41, 5.74) is 4.41. The number of anilines is 2. The minimum absolute atomic E-state index is 0.184. The summed E-state index contributed by atoms with van der Waals surface area (Å²) in [6.45, 7) is 8.02. The Kier molecular flexibility index (Phi) is 6.53. The van der Waals surface area contributed by atoms with Crippen LogP contribution >= 0.6 is 0 Å². The van der Waals surface area contributed by atoms with Crippen LogP contribution in [-0.2, 0) is 0 Å². The molecule has 1 amide bonds. The van der Waals surface area contributed by atoms with Crippen molar-refractivity contribution >= 4 is 17.3 Å². The number of hydrogen-bond acceptors (Lipinski definition) is 4. The van der Waals surface area contributed by atoms with Gasteiger partial charge in [-0.05, 0) is 50.2 Å². The van der Waals surface area contributed by atoms with E-state index in [-0.39, 0.29) is 5.91 Å². The summed E-state index contributed by atoms with van der Waals surface area (Å²) >= 11 is 0. The molecular formula is C20H28N4O. The molecule has 25 heavy (non-hydrogen) atoms. The molecule has 2 N–H and O–H groups in total. The monoisotopic (exact) mass is 340 g/mol. The van der Waals surface area contributed by atoms with Crippen molar-refractivity contribution in [2.75, 3.05) is 37.8 Å². The fourth-order valence-corrected chi connectivity index (χ4v) is 2.58. The van der Waals surface area contributed by atoms with Crippen LogP contribution in [0.2, 0.25) is 0 Å². The first-order chi connectivity index (χ1) is 11.9. The maximum atomic E-state index is 12.6. The second kappa shape index (κ2) is 8.62. The standard InChI is InChI=1S/C20H28N4O/c1-14(2)17-8-6-7-15(3)19(17)23-20(25)18-10-9-16(13-22-18)21-11-12-24(4)5/h6-10,13-14,21H,11-12H2,1-5H3,(H,23,25). The van der Waals surface area contributed by atoms with Crippen LogP contribution in [0.3, 0.4) is 0 Å². The molecular weight excluding hydrogens is 312 g/mol. The lowest BCUT2D eigenvalue weighted by Gasteiger charge is -2.16. The number of aryl methyl sites for hydroxylation is 1. The Morgan fingerprint density at radius 1 is 1.20 bits per heavy atom. The number of para-hydroxylation sites is 1. The number of aromatic nitrogens is 1. The van der Waals surface area contributed by atoms with Crippen LogP contribution in [0.25, 0.3) is 0 Å². The highest BCUT2D eigenvalue weighted by Gasteiger charge is 2.14. The first-order valence-corrected chi connectivity index (χ1v) is 8.64. The lowest BCUT2D eigenvalue weighted by atomic mass is 9.98. The van der Waals surface area contributed by atoms with Gasteiger partial charge in [-0.15, -0.1) is 0 Å². The van der Waals surface area contributed by atoms with E-state index < -0.39 is 0 Å². The first-order valence-electron chi connectivity index (χ1n) is 8.64. The number of carbonyl (C=O) groups excluding carboxylic acids is 1. The molecule has 0 bridgehead atoms. The van der Waals surface area contributed by atoms with E-state index in [0.717, 1.165) is 35.6 Å². The highest BCUT2D eigenvalue weighted by molar-refractivity contribution is 6.03. The quantitative estimate of drug-likeness (QED) is 0.806. The van der Waals surface area contributed by atoms with Gasteiger partial charge in [-0.1, -0.05) is 32.0 Å². The number of amides is 1. The predicted octanol–water partition coefficient (Wildman–Crippen LogP) is 3.74. The van der Waals surface area contributed by atoms with Gasteiger partial charge in [-0.25, -0.2) is 4.98 Å². The van der Waals surface area contributed by atoms with Crippen LogP contribution in [0.5, 0.6) is 0 Å². The zero-order valence-corrected chi connectivity index (χ0v) is 15.8. The van der Waals surface area contributed by atoms with E-state index in [4.69, 9.17) is 0 Å². The van der Waals surface area contributed by atoms with Crippen molar-refractivity contribution in [3.63, 3.8) is 0 Å². The van der Waals surface area contributed by atoms with E-state index in [9.17, 15) is 4.79 Å². The average Bonchev–Trinajstić information content (AvgIpc) is 2.56. The molecule has 0 radical (unpaired) electrons. The molecule has 0 saturated heterocycles. The molecule has 0 aliphatic heterocycles. The van der Waals surface area contributed by atoms with E-state index in [1.807, 2.05) is 39.2 Å². The summed E-state index contributed by atoms with van der Waals surface area (Å²) in [7, 11) is 4.06. The topological polar surface area (TPSA) is 57.3 Å². The fourth-order valence-electron chi connectivity index (χ4n) is 2.58. The summed E-state index contributed by atoms with van der Waals surface area (Å²) in [5.74, 6) is 0.155. The summed E-state index contributed by atoms with van der Waals surface area (Å²) in [6, 6.07) is 9.72. The van der Waals surface area contributed by atoms with Crippen molar-refractivity contribution < 1.29 is 4.79 Å². The number of nitrogens with one attached hydrogen (secondary N) is 2. The Bertz CT molecular complexity index is 708. The lowest BCUT2D eigenvalue weighted by molar-refractivity contribution is 0.102. The minimum atomic E-state index is -0.184. The lowest BCUT2D eigenvalue weighted by Crippen LogP contribution is -2.21. The normalized spacial score (nSPS) is 11.0. The molecule has 0 aliphatic rings. The van der Waals surface area contributed by atoms with Gasteiger partial charge in [0.05, 0.1) is 11.9 Å². The molecule has 0 fully saturated rings. The molecule has 2 aromatic rings. The molecule has 5 heteroatoms. The van der Waals surface area contributed by atoms with Gasteiger partial charge in [0, 0.05) is 18.8 Å². The number of rotatable bonds is 7. The molecule has 1 aromatic carbocycles. The van der Waals surface area contributed by atoms with Gasteiger partial charge in [-0.3, -0.25) is 4.79 Å². The molecule has 0 aliphatic carbocycles. The predicted molar refractivity (Wildman–Crippen MR) is 105 cm³/mol. The van der Waals surface area contributed by atoms with Gasteiger partial charge in [0.15, 0.2) is 0 Å². The van der Waals surface area contributed by atoms with Crippen LogP contribution in [0.15, 0.2) is 36.5 Å². The van der Waals surface area contributed by atoms with Gasteiger partial charge >= 0.3 is 0 Å². The van der Waals surface area contributed by atoms with Crippen molar-refractivity contribution in [2.45, 2.75) is 26.7 Å². The molecule has 0 spiro atoms. The second-order valence-electron chi connectivity index (χ2n) is 6.81. The molecule has 1 aromatic heterocycles.